The summed E-state index contributed by atoms with van der Waals surface area (Å²) in [6, 6.07) is 8.86. The monoisotopic (exact) mass is 266 g/mol. The van der Waals surface area contributed by atoms with Gasteiger partial charge in [0.05, 0.1) is 0 Å². The maximum absolute atomic E-state index is 12.4. The number of rotatable bonds is 2. The highest BCUT2D eigenvalue weighted by Gasteiger charge is 2.15. The second kappa shape index (κ2) is 5.25. The molecule has 1 amide bonds. The minimum atomic E-state index is -0.0224. The molecule has 2 heterocycles. The number of amides is 1. The van der Waals surface area contributed by atoms with Gasteiger partial charge in [-0.1, -0.05) is 0 Å². The van der Waals surface area contributed by atoms with Crippen LogP contribution in [0.4, 0.5) is 5.69 Å². The quantitative estimate of drug-likeness (QED) is 0.850. The van der Waals surface area contributed by atoms with E-state index in [0.717, 1.165) is 24.1 Å². The molecule has 100 valence electrons. The van der Waals surface area contributed by atoms with Crippen LogP contribution in [-0.4, -0.2) is 16.7 Å². The van der Waals surface area contributed by atoms with Gasteiger partial charge in [-0.3, -0.25) is 14.6 Å². The van der Waals surface area contributed by atoms with Crippen molar-refractivity contribution < 1.29 is 9.59 Å². The van der Waals surface area contributed by atoms with E-state index >= 15 is 0 Å². The van der Waals surface area contributed by atoms with Crippen molar-refractivity contribution in [3.63, 3.8) is 0 Å². The summed E-state index contributed by atoms with van der Waals surface area (Å²) in [6.07, 6.45) is 5.37. The first-order valence-electron chi connectivity index (χ1n) is 6.61. The molecule has 0 saturated carbocycles. The third-order valence-electron chi connectivity index (χ3n) is 3.43. The van der Waals surface area contributed by atoms with Gasteiger partial charge in [0.2, 0.25) is 5.91 Å². The van der Waals surface area contributed by atoms with Crippen molar-refractivity contribution in [1.82, 2.24) is 4.98 Å². The molecule has 20 heavy (non-hydrogen) atoms. The lowest BCUT2D eigenvalue weighted by molar-refractivity contribution is -0.116. The molecular formula is C16H14N2O2. The lowest BCUT2D eigenvalue weighted by atomic mass is 9.99. The van der Waals surface area contributed by atoms with Gasteiger partial charge >= 0.3 is 0 Å². The van der Waals surface area contributed by atoms with Gasteiger partial charge in [0.1, 0.15) is 0 Å². The topological polar surface area (TPSA) is 59.1 Å². The lowest BCUT2D eigenvalue weighted by Crippen LogP contribution is -2.09. The van der Waals surface area contributed by atoms with E-state index in [9.17, 15) is 9.59 Å². The minimum absolute atomic E-state index is 0.0224. The highest BCUT2D eigenvalue weighted by Crippen LogP contribution is 2.24. The first-order valence-corrected chi connectivity index (χ1v) is 6.61. The number of aromatic nitrogens is 1. The molecule has 0 unspecified atom stereocenters. The molecule has 0 bridgehead atoms. The van der Waals surface area contributed by atoms with Crippen molar-refractivity contribution in [2.24, 2.45) is 0 Å². The lowest BCUT2D eigenvalue weighted by Gasteiger charge is -2.08. The predicted molar refractivity (Wildman–Crippen MR) is 75.7 cm³/mol. The second-order valence-electron chi connectivity index (χ2n) is 4.84. The van der Waals surface area contributed by atoms with Crippen LogP contribution in [0.3, 0.4) is 0 Å². The van der Waals surface area contributed by atoms with Gasteiger partial charge < -0.3 is 5.32 Å². The molecule has 1 aliphatic heterocycles. The standard InChI is InChI=1S/C16H14N2O2/c19-15-3-1-2-12-10-13(4-5-14(12)18-15)16(20)11-6-8-17-9-7-11/h4-10H,1-3H2,(H,18,19). The summed E-state index contributed by atoms with van der Waals surface area (Å²) in [6.45, 7) is 0. The summed E-state index contributed by atoms with van der Waals surface area (Å²) in [7, 11) is 0. The van der Waals surface area contributed by atoms with Crippen LogP contribution in [0, 0.1) is 0 Å². The molecule has 4 nitrogen and oxygen atoms in total. The zero-order valence-electron chi connectivity index (χ0n) is 10.9. The molecule has 3 rings (SSSR count). The Morgan fingerprint density at radius 2 is 1.85 bits per heavy atom. The number of ketones is 1. The SMILES string of the molecule is O=C1CCCc2cc(C(=O)c3ccncc3)ccc2N1. The maximum Gasteiger partial charge on any atom is 0.224 e. The third-order valence-corrected chi connectivity index (χ3v) is 3.43. The molecule has 0 radical (unpaired) electrons. The van der Waals surface area contributed by atoms with Crippen LogP contribution in [-0.2, 0) is 11.2 Å². The number of hydrogen-bond donors (Lipinski definition) is 1. The Labute approximate surface area is 116 Å². The fourth-order valence-electron chi connectivity index (χ4n) is 2.39. The Morgan fingerprint density at radius 3 is 2.65 bits per heavy atom. The molecule has 1 N–H and O–H groups in total. The number of fused-ring (bicyclic) bond motifs is 1. The van der Waals surface area contributed by atoms with E-state index in [1.54, 1.807) is 30.6 Å². The number of carbonyl (C=O) groups is 2. The summed E-state index contributed by atoms with van der Waals surface area (Å²) in [5, 5.41) is 2.87. The molecule has 0 spiro atoms. The molecule has 0 atom stereocenters. The minimum Gasteiger partial charge on any atom is -0.326 e. The van der Waals surface area contributed by atoms with E-state index in [1.807, 2.05) is 12.1 Å². The van der Waals surface area contributed by atoms with E-state index in [0.29, 0.717) is 17.5 Å². The van der Waals surface area contributed by atoms with Crippen molar-refractivity contribution in [2.75, 3.05) is 5.32 Å². The number of pyridine rings is 1. The van der Waals surface area contributed by atoms with Gasteiger partial charge in [0.25, 0.3) is 0 Å². The van der Waals surface area contributed by atoms with Gasteiger partial charge in [0, 0.05) is 35.6 Å². The zero-order chi connectivity index (χ0) is 13.9. The van der Waals surface area contributed by atoms with E-state index in [4.69, 9.17) is 0 Å². The molecule has 1 aliphatic rings. The van der Waals surface area contributed by atoms with Gasteiger partial charge in [-0.15, -0.1) is 0 Å². The largest absolute Gasteiger partial charge is 0.326 e. The molecule has 0 fully saturated rings. The zero-order valence-corrected chi connectivity index (χ0v) is 10.9. The van der Waals surface area contributed by atoms with Crippen LogP contribution in [0.2, 0.25) is 0 Å². The Kier molecular flexibility index (Phi) is 3.29. The van der Waals surface area contributed by atoms with Gasteiger partial charge in [-0.25, -0.2) is 0 Å². The van der Waals surface area contributed by atoms with Crippen molar-refractivity contribution in [3.8, 4) is 0 Å². The highest BCUT2D eigenvalue weighted by atomic mass is 16.1. The summed E-state index contributed by atoms with van der Waals surface area (Å²) < 4.78 is 0. The van der Waals surface area contributed by atoms with E-state index < -0.39 is 0 Å². The first-order chi connectivity index (χ1) is 9.74. The van der Waals surface area contributed by atoms with E-state index in [2.05, 4.69) is 10.3 Å². The fourth-order valence-corrected chi connectivity index (χ4v) is 2.39. The van der Waals surface area contributed by atoms with Crippen molar-refractivity contribution >= 4 is 17.4 Å². The number of anilines is 1. The Hall–Kier alpha value is -2.49. The molecule has 0 aliphatic carbocycles. The van der Waals surface area contributed by atoms with Crippen LogP contribution in [0.1, 0.15) is 34.3 Å². The maximum atomic E-state index is 12.4. The van der Waals surface area contributed by atoms with Crippen LogP contribution < -0.4 is 5.32 Å². The summed E-state index contributed by atoms with van der Waals surface area (Å²) >= 11 is 0. The van der Waals surface area contributed by atoms with Crippen molar-refractivity contribution in [2.45, 2.75) is 19.3 Å². The first kappa shape index (κ1) is 12.5. The third kappa shape index (κ3) is 2.45. The molecule has 4 heteroatoms. The van der Waals surface area contributed by atoms with Crippen LogP contribution in [0.15, 0.2) is 42.7 Å². The van der Waals surface area contributed by atoms with Crippen LogP contribution in [0.25, 0.3) is 0 Å². The fraction of sp³-hybridized carbons (Fsp3) is 0.188. The summed E-state index contributed by atoms with van der Waals surface area (Å²) in [5.41, 5.74) is 3.11. The van der Waals surface area contributed by atoms with Crippen molar-refractivity contribution in [3.05, 3.63) is 59.4 Å². The van der Waals surface area contributed by atoms with Gasteiger partial charge in [-0.05, 0) is 48.7 Å². The number of hydrogen-bond acceptors (Lipinski definition) is 3. The molecular weight excluding hydrogens is 252 g/mol. The second-order valence-corrected chi connectivity index (χ2v) is 4.84. The van der Waals surface area contributed by atoms with Crippen molar-refractivity contribution in [1.29, 1.82) is 0 Å². The Morgan fingerprint density at radius 1 is 1.05 bits per heavy atom. The Bertz CT molecular complexity index is 665. The number of nitrogens with one attached hydrogen (secondary N) is 1. The normalized spacial score (nSPS) is 14.1. The highest BCUT2D eigenvalue weighted by molar-refractivity contribution is 6.09. The number of nitrogens with zero attached hydrogens (tertiary/aromatic N) is 1. The van der Waals surface area contributed by atoms with Gasteiger partial charge in [0.15, 0.2) is 5.78 Å². The predicted octanol–water partition coefficient (Wildman–Crippen LogP) is 2.59. The summed E-state index contributed by atoms with van der Waals surface area (Å²) in [5.74, 6) is 0.0164. The number of carbonyl (C=O) groups excluding carboxylic acids is 2. The molecule has 1 aromatic heterocycles. The molecule has 1 aromatic carbocycles. The van der Waals surface area contributed by atoms with Crippen LogP contribution in [0.5, 0.6) is 0 Å². The smallest absolute Gasteiger partial charge is 0.224 e. The molecule has 0 saturated heterocycles. The van der Waals surface area contributed by atoms with Gasteiger partial charge in [-0.2, -0.15) is 0 Å². The van der Waals surface area contributed by atoms with E-state index in [-0.39, 0.29) is 11.7 Å². The van der Waals surface area contributed by atoms with E-state index in [1.165, 1.54) is 0 Å². The average molecular weight is 266 g/mol. The molecule has 2 aromatic rings. The number of benzene rings is 1. The summed E-state index contributed by atoms with van der Waals surface area (Å²) in [4.78, 5) is 27.8. The Balaban J connectivity index is 1.95. The average Bonchev–Trinajstić information content (AvgIpc) is 2.67. The number of aryl methyl sites for hydroxylation is 1. The van der Waals surface area contributed by atoms with Crippen LogP contribution >= 0.6 is 0 Å².